The second kappa shape index (κ2) is 8.55. The van der Waals surface area contributed by atoms with Crippen LogP contribution in [0.4, 0.5) is 4.79 Å². The average Bonchev–Trinajstić information content (AvgIpc) is 3.12. The number of rotatable bonds is 5. The maximum Gasteiger partial charge on any atom is 0.411 e. The minimum Gasteiger partial charge on any atom is -0.489 e. The van der Waals surface area contributed by atoms with E-state index in [2.05, 4.69) is 0 Å². The van der Waals surface area contributed by atoms with Gasteiger partial charge < -0.3 is 15.2 Å². The molecular weight excluding hydrogens is 368 g/mol. The lowest BCUT2D eigenvalue weighted by Gasteiger charge is -2.31. The molecule has 0 radical (unpaired) electrons. The fourth-order valence-electron chi connectivity index (χ4n) is 3.54. The van der Waals surface area contributed by atoms with Gasteiger partial charge in [-0.25, -0.2) is 4.79 Å². The molecule has 1 saturated heterocycles. The molecule has 154 valence electrons. The predicted octanol–water partition coefficient (Wildman–Crippen LogP) is 4.19. The average molecular weight is 396 g/mol. The molecule has 2 aromatic rings. The van der Waals surface area contributed by atoms with E-state index >= 15 is 0 Å². The Morgan fingerprint density at radius 2 is 1.79 bits per heavy atom. The van der Waals surface area contributed by atoms with Crippen molar-refractivity contribution in [3.05, 3.63) is 65.7 Å². The van der Waals surface area contributed by atoms with Gasteiger partial charge in [-0.05, 0) is 56.9 Å². The largest absolute Gasteiger partial charge is 0.489 e. The summed E-state index contributed by atoms with van der Waals surface area (Å²) >= 11 is 0. The smallest absolute Gasteiger partial charge is 0.411 e. The van der Waals surface area contributed by atoms with E-state index < -0.39 is 23.6 Å². The van der Waals surface area contributed by atoms with Crippen molar-refractivity contribution in [1.82, 2.24) is 4.90 Å². The summed E-state index contributed by atoms with van der Waals surface area (Å²) in [4.78, 5) is 26.2. The third kappa shape index (κ3) is 5.28. The number of benzene rings is 2. The molecule has 0 aliphatic carbocycles. The first-order valence-corrected chi connectivity index (χ1v) is 9.82. The molecule has 1 aliphatic heterocycles. The van der Waals surface area contributed by atoms with Gasteiger partial charge in [0.2, 0.25) is 5.91 Å². The Kier molecular flexibility index (Phi) is 6.11. The lowest BCUT2D eigenvalue weighted by atomic mass is 10.0. The van der Waals surface area contributed by atoms with Crippen molar-refractivity contribution in [2.24, 2.45) is 5.73 Å². The second-order valence-corrected chi connectivity index (χ2v) is 8.25. The molecule has 2 N–H and O–H groups in total. The summed E-state index contributed by atoms with van der Waals surface area (Å²) in [5, 5.41) is 0. The fraction of sp³-hybridized carbons (Fsp3) is 0.391. The molecule has 6 heteroatoms. The van der Waals surface area contributed by atoms with Gasteiger partial charge in [0.25, 0.3) is 0 Å². The SMILES string of the molecule is CC(C)(C)OC(=O)N1[C@@H](c2cccc(OCc3ccccc3)c2)CC[C@H]1C(N)=O. The van der Waals surface area contributed by atoms with Gasteiger partial charge in [-0.3, -0.25) is 9.69 Å². The van der Waals surface area contributed by atoms with Gasteiger partial charge >= 0.3 is 6.09 Å². The van der Waals surface area contributed by atoms with Crippen molar-refractivity contribution in [3.63, 3.8) is 0 Å². The molecule has 1 fully saturated rings. The molecule has 0 unspecified atom stereocenters. The zero-order valence-corrected chi connectivity index (χ0v) is 17.1. The van der Waals surface area contributed by atoms with Crippen molar-refractivity contribution >= 4 is 12.0 Å². The number of likely N-dealkylation sites (tertiary alicyclic amines) is 1. The highest BCUT2D eigenvalue weighted by Gasteiger charge is 2.42. The van der Waals surface area contributed by atoms with Gasteiger partial charge in [-0.15, -0.1) is 0 Å². The van der Waals surface area contributed by atoms with Gasteiger partial charge in [0, 0.05) is 0 Å². The van der Waals surface area contributed by atoms with Crippen LogP contribution < -0.4 is 10.5 Å². The molecule has 1 aliphatic rings. The van der Waals surface area contributed by atoms with Crippen LogP contribution in [0.25, 0.3) is 0 Å². The molecule has 1 heterocycles. The zero-order valence-electron chi connectivity index (χ0n) is 17.1. The van der Waals surface area contributed by atoms with E-state index in [-0.39, 0.29) is 6.04 Å². The predicted molar refractivity (Wildman–Crippen MR) is 110 cm³/mol. The normalized spacial score (nSPS) is 19.1. The third-order valence-corrected chi connectivity index (χ3v) is 4.81. The number of hydrogen-bond donors (Lipinski definition) is 1. The Bertz CT molecular complexity index is 861. The third-order valence-electron chi connectivity index (χ3n) is 4.81. The van der Waals surface area contributed by atoms with Gasteiger partial charge in [0.1, 0.15) is 24.0 Å². The van der Waals surface area contributed by atoms with E-state index in [4.69, 9.17) is 15.2 Å². The highest BCUT2D eigenvalue weighted by atomic mass is 16.6. The Morgan fingerprint density at radius 3 is 2.45 bits per heavy atom. The highest BCUT2D eigenvalue weighted by molar-refractivity contribution is 5.85. The number of carbonyl (C=O) groups is 2. The number of hydrogen-bond acceptors (Lipinski definition) is 4. The van der Waals surface area contributed by atoms with E-state index in [0.717, 1.165) is 11.1 Å². The van der Waals surface area contributed by atoms with Crippen molar-refractivity contribution in [2.45, 2.75) is 57.9 Å². The molecule has 0 saturated carbocycles. The lowest BCUT2D eigenvalue weighted by Crippen LogP contribution is -2.46. The maximum atomic E-state index is 12.8. The first-order chi connectivity index (χ1) is 13.7. The van der Waals surface area contributed by atoms with E-state index in [9.17, 15) is 9.59 Å². The van der Waals surface area contributed by atoms with Crippen LogP contribution in [-0.2, 0) is 16.1 Å². The molecule has 2 amide bonds. The monoisotopic (exact) mass is 396 g/mol. The minimum atomic E-state index is -0.677. The number of amides is 2. The van der Waals surface area contributed by atoms with Crippen LogP contribution in [-0.4, -0.2) is 28.5 Å². The molecule has 3 rings (SSSR count). The lowest BCUT2D eigenvalue weighted by molar-refractivity contribution is -0.122. The molecule has 6 nitrogen and oxygen atoms in total. The summed E-state index contributed by atoms with van der Waals surface area (Å²) in [7, 11) is 0. The first kappa shape index (κ1) is 20.7. The zero-order chi connectivity index (χ0) is 21.0. The molecule has 0 aromatic heterocycles. The van der Waals surface area contributed by atoms with Gasteiger partial charge in [-0.2, -0.15) is 0 Å². The number of primary amides is 1. The maximum absolute atomic E-state index is 12.8. The number of nitrogens with zero attached hydrogens (tertiary/aromatic N) is 1. The van der Waals surface area contributed by atoms with Gasteiger partial charge in [0.05, 0.1) is 6.04 Å². The number of ether oxygens (including phenoxy) is 2. The highest BCUT2D eigenvalue weighted by Crippen LogP contribution is 2.38. The van der Waals surface area contributed by atoms with E-state index in [0.29, 0.717) is 25.2 Å². The fourth-order valence-corrected chi connectivity index (χ4v) is 3.54. The Morgan fingerprint density at radius 1 is 1.07 bits per heavy atom. The van der Waals surface area contributed by atoms with Crippen LogP contribution in [0.3, 0.4) is 0 Å². The van der Waals surface area contributed by atoms with E-state index in [1.807, 2.05) is 54.6 Å². The molecular formula is C23H28N2O4. The van der Waals surface area contributed by atoms with Crippen molar-refractivity contribution in [1.29, 1.82) is 0 Å². The van der Waals surface area contributed by atoms with Gasteiger partial charge in [-0.1, -0.05) is 42.5 Å². The van der Waals surface area contributed by atoms with Crippen molar-refractivity contribution in [2.75, 3.05) is 0 Å². The second-order valence-electron chi connectivity index (χ2n) is 8.25. The Hall–Kier alpha value is -3.02. The van der Waals surface area contributed by atoms with Crippen LogP contribution in [0, 0.1) is 0 Å². The van der Waals surface area contributed by atoms with Crippen LogP contribution in [0.1, 0.15) is 50.8 Å². The summed E-state index contributed by atoms with van der Waals surface area (Å²) in [6.07, 6.45) is 0.614. The van der Waals surface area contributed by atoms with Crippen LogP contribution >= 0.6 is 0 Å². The van der Waals surface area contributed by atoms with Crippen LogP contribution in [0.15, 0.2) is 54.6 Å². The number of carbonyl (C=O) groups excluding carboxylic acids is 2. The van der Waals surface area contributed by atoms with E-state index in [1.165, 1.54) is 4.90 Å². The first-order valence-electron chi connectivity index (χ1n) is 9.82. The molecule has 0 bridgehead atoms. The summed E-state index contributed by atoms with van der Waals surface area (Å²) in [5.74, 6) is 0.188. The summed E-state index contributed by atoms with van der Waals surface area (Å²) in [5.41, 5.74) is 6.87. The van der Waals surface area contributed by atoms with Crippen molar-refractivity contribution < 1.29 is 19.1 Å². The van der Waals surface area contributed by atoms with Crippen molar-refractivity contribution in [3.8, 4) is 5.75 Å². The van der Waals surface area contributed by atoms with Crippen LogP contribution in [0.5, 0.6) is 5.75 Å². The minimum absolute atomic E-state index is 0.289. The summed E-state index contributed by atoms with van der Waals surface area (Å²) < 4.78 is 11.5. The molecule has 29 heavy (non-hydrogen) atoms. The van der Waals surface area contributed by atoms with Crippen LogP contribution in [0.2, 0.25) is 0 Å². The molecule has 2 aromatic carbocycles. The van der Waals surface area contributed by atoms with E-state index in [1.54, 1.807) is 20.8 Å². The topological polar surface area (TPSA) is 81.9 Å². The summed E-state index contributed by atoms with van der Waals surface area (Å²) in [6.45, 7) is 5.85. The summed E-state index contributed by atoms with van der Waals surface area (Å²) in [6, 6.07) is 16.6. The molecule has 0 spiro atoms. The molecule has 2 atom stereocenters. The quantitative estimate of drug-likeness (QED) is 0.821. The standard InChI is InChI=1S/C23H28N2O4/c1-23(2,3)29-22(27)25-19(12-13-20(25)21(24)26)17-10-7-11-18(14-17)28-15-16-8-5-4-6-9-16/h4-11,14,19-20H,12-13,15H2,1-3H3,(H2,24,26)/t19-,20+/m1/s1. The number of nitrogens with two attached hydrogens (primary N) is 1. The van der Waals surface area contributed by atoms with Gasteiger partial charge in [0.15, 0.2) is 0 Å². The Labute approximate surface area is 171 Å². The Balaban J connectivity index is 1.80.